The smallest absolute Gasteiger partial charge is 0.227 e. The molecule has 1 N–H and O–H groups in total. The van der Waals surface area contributed by atoms with Crippen LogP contribution in [0.3, 0.4) is 0 Å². The van der Waals surface area contributed by atoms with E-state index in [-0.39, 0.29) is 11.8 Å². The van der Waals surface area contributed by atoms with E-state index in [0.717, 1.165) is 49.2 Å². The molecular weight excluding hydrogens is 366 g/mol. The molecule has 1 aromatic heterocycles. The number of rotatable bonds is 8. The van der Waals surface area contributed by atoms with Gasteiger partial charge in [-0.1, -0.05) is 12.1 Å². The van der Waals surface area contributed by atoms with Gasteiger partial charge in [-0.3, -0.25) is 9.59 Å². The molecule has 2 amide bonds. The van der Waals surface area contributed by atoms with Gasteiger partial charge in [-0.05, 0) is 54.5 Å². The average Bonchev–Trinajstić information content (AvgIpc) is 3.15. The van der Waals surface area contributed by atoms with Gasteiger partial charge in [0.15, 0.2) is 0 Å². The number of amides is 2. The number of hydrogen-bond acceptors (Lipinski definition) is 3. The Morgan fingerprint density at radius 1 is 1.24 bits per heavy atom. The van der Waals surface area contributed by atoms with Gasteiger partial charge in [0, 0.05) is 45.5 Å². The van der Waals surface area contributed by atoms with Crippen molar-refractivity contribution >= 4 is 11.8 Å². The van der Waals surface area contributed by atoms with E-state index in [1.165, 1.54) is 0 Å². The van der Waals surface area contributed by atoms with Crippen molar-refractivity contribution in [2.24, 2.45) is 13.0 Å². The lowest BCUT2D eigenvalue weighted by molar-refractivity contribution is -0.132. The van der Waals surface area contributed by atoms with Crippen LogP contribution in [0.2, 0.25) is 0 Å². The van der Waals surface area contributed by atoms with E-state index in [1.807, 2.05) is 59.2 Å². The van der Waals surface area contributed by atoms with Crippen LogP contribution in [-0.4, -0.2) is 41.5 Å². The highest BCUT2D eigenvalue weighted by molar-refractivity contribution is 5.79. The number of hydrogen-bond donors (Lipinski definition) is 1. The van der Waals surface area contributed by atoms with E-state index in [9.17, 15) is 9.59 Å². The minimum Gasteiger partial charge on any atom is -0.497 e. The number of aryl methyl sites for hydroxylation is 1. The number of likely N-dealkylation sites (tertiary alicyclic amines) is 1. The molecule has 2 heterocycles. The van der Waals surface area contributed by atoms with E-state index in [4.69, 9.17) is 4.74 Å². The lowest BCUT2D eigenvalue weighted by Crippen LogP contribution is -2.41. The normalized spacial score (nSPS) is 16.5. The fourth-order valence-corrected chi connectivity index (χ4v) is 3.89. The number of nitrogens with one attached hydrogen (secondary N) is 1. The Bertz CT molecular complexity index is 830. The Labute approximate surface area is 172 Å². The topological polar surface area (TPSA) is 63.6 Å². The molecule has 0 bridgehead atoms. The van der Waals surface area contributed by atoms with Crippen LogP contribution in [0.1, 0.15) is 36.8 Å². The predicted molar refractivity (Wildman–Crippen MR) is 112 cm³/mol. The first-order valence-corrected chi connectivity index (χ1v) is 10.3. The molecule has 0 radical (unpaired) electrons. The quantitative estimate of drug-likeness (QED) is 0.745. The summed E-state index contributed by atoms with van der Waals surface area (Å²) < 4.78 is 7.17. The third kappa shape index (κ3) is 6.38. The monoisotopic (exact) mass is 397 g/mol. The zero-order valence-electron chi connectivity index (χ0n) is 17.4. The van der Waals surface area contributed by atoms with Crippen molar-refractivity contribution in [2.75, 3.05) is 20.2 Å². The summed E-state index contributed by atoms with van der Waals surface area (Å²) in [5.74, 6) is 1.43. The van der Waals surface area contributed by atoms with Gasteiger partial charge in [0.05, 0.1) is 13.5 Å². The van der Waals surface area contributed by atoms with Crippen LogP contribution in [0.4, 0.5) is 0 Å². The van der Waals surface area contributed by atoms with Gasteiger partial charge in [-0.2, -0.15) is 0 Å². The molecule has 29 heavy (non-hydrogen) atoms. The third-order valence-electron chi connectivity index (χ3n) is 5.52. The highest BCUT2D eigenvalue weighted by Crippen LogP contribution is 2.22. The lowest BCUT2D eigenvalue weighted by Gasteiger charge is -2.32. The summed E-state index contributed by atoms with van der Waals surface area (Å²) in [7, 11) is 3.60. The number of methoxy groups -OCH3 is 1. The Morgan fingerprint density at radius 2 is 2.10 bits per heavy atom. The first-order valence-electron chi connectivity index (χ1n) is 10.3. The predicted octanol–water partition coefficient (Wildman–Crippen LogP) is 2.91. The number of carbonyl (C=O) groups excluding carboxylic acids is 2. The lowest BCUT2D eigenvalue weighted by atomic mass is 9.93. The molecule has 2 aromatic rings. The maximum Gasteiger partial charge on any atom is 0.227 e. The molecule has 0 saturated carbocycles. The van der Waals surface area contributed by atoms with Crippen LogP contribution in [0.15, 0.2) is 42.7 Å². The molecule has 3 rings (SSSR count). The molecule has 1 unspecified atom stereocenters. The summed E-state index contributed by atoms with van der Waals surface area (Å²) in [4.78, 5) is 26.8. The summed E-state index contributed by atoms with van der Waals surface area (Å²) in [6.45, 7) is 2.08. The minimum absolute atomic E-state index is 0.0561. The van der Waals surface area contributed by atoms with E-state index in [2.05, 4.69) is 5.32 Å². The van der Waals surface area contributed by atoms with Crippen molar-refractivity contribution in [1.29, 1.82) is 0 Å². The molecule has 1 aromatic carbocycles. The van der Waals surface area contributed by atoms with Gasteiger partial charge < -0.3 is 19.5 Å². The zero-order valence-corrected chi connectivity index (χ0v) is 17.4. The second-order valence-corrected chi connectivity index (χ2v) is 7.88. The van der Waals surface area contributed by atoms with Gasteiger partial charge in [0.1, 0.15) is 5.75 Å². The van der Waals surface area contributed by atoms with Gasteiger partial charge in [-0.25, -0.2) is 0 Å². The minimum atomic E-state index is 0.0561. The molecule has 1 fully saturated rings. The van der Waals surface area contributed by atoms with Crippen LogP contribution < -0.4 is 10.1 Å². The highest BCUT2D eigenvalue weighted by atomic mass is 16.5. The van der Waals surface area contributed by atoms with Crippen molar-refractivity contribution in [3.63, 3.8) is 0 Å². The number of nitrogens with zero attached hydrogens (tertiary/aromatic N) is 2. The standard InChI is InChI=1S/C23H31N3O3/c1-25-12-10-20(16-25)14-23(28)26-11-4-6-18(17-26)8-9-22(27)24-15-19-5-3-7-21(13-19)29-2/h3,5,7,10,12-13,16,18H,4,6,8-9,11,14-15,17H2,1-2H3,(H,24,27). The van der Waals surface area contributed by atoms with Gasteiger partial charge in [0.2, 0.25) is 11.8 Å². The SMILES string of the molecule is COc1cccc(CNC(=O)CCC2CCCN(C(=O)Cc3ccn(C)c3)C2)c1. The van der Waals surface area contributed by atoms with Crippen LogP contribution in [0, 0.1) is 5.92 Å². The Balaban J connectivity index is 1.40. The molecule has 0 spiro atoms. The summed E-state index contributed by atoms with van der Waals surface area (Å²) >= 11 is 0. The summed E-state index contributed by atoms with van der Waals surface area (Å²) in [5, 5.41) is 2.98. The second kappa shape index (κ2) is 10.1. The van der Waals surface area contributed by atoms with Crippen LogP contribution >= 0.6 is 0 Å². The molecule has 6 heteroatoms. The second-order valence-electron chi connectivity index (χ2n) is 7.88. The maximum atomic E-state index is 12.6. The molecule has 1 aliphatic heterocycles. The van der Waals surface area contributed by atoms with Crippen molar-refractivity contribution in [3.05, 3.63) is 53.9 Å². The number of aromatic nitrogens is 1. The molecule has 156 valence electrons. The van der Waals surface area contributed by atoms with Crippen molar-refractivity contribution in [2.45, 2.75) is 38.6 Å². The fourth-order valence-electron chi connectivity index (χ4n) is 3.89. The first-order chi connectivity index (χ1) is 14.0. The average molecular weight is 398 g/mol. The summed E-state index contributed by atoms with van der Waals surface area (Å²) in [6.07, 6.45) is 7.82. The van der Waals surface area contributed by atoms with Gasteiger partial charge in [-0.15, -0.1) is 0 Å². The summed E-state index contributed by atoms with van der Waals surface area (Å²) in [5.41, 5.74) is 2.07. The fraction of sp³-hybridized carbons (Fsp3) is 0.478. The Hall–Kier alpha value is -2.76. The van der Waals surface area contributed by atoms with Gasteiger partial charge >= 0.3 is 0 Å². The van der Waals surface area contributed by atoms with Gasteiger partial charge in [0.25, 0.3) is 0 Å². The number of carbonyl (C=O) groups is 2. The highest BCUT2D eigenvalue weighted by Gasteiger charge is 2.24. The van der Waals surface area contributed by atoms with Crippen molar-refractivity contribution in [1.82, 2.24) is 14.8 Å². The molecule has 1 aliphatic rings. The number of piperidine rings is 1. The third-order valence-corrected chi connectivity index (χ3v) is 5.52. The van der Waals surface area contributed by atoms with E-state index in [0.29, 0.717) is 25.3 Å². The van der Waals surface area contributed by atoms with Crippen LogP contribution in [0.5, 0.6) is 5.75 Å². The van der Waals surface area contributed by atoms with Crippen LogP contribution in [0.25, 0.3) is 0 Å². The maximum absolute atomic E-state index is 12.6. The molecule has 1 saturated heterocycles. The molecule has 0 aliphatic carbocycles. The summed E-state index contributed by atoms with van der Waals surface area (Å²) in [6, 6.07) is 9.70. The van der Waals surface area contributed by atoms with Crippen LogP contribution in [-0.2, 0) is 29.6 Å². The zero-order chi connectivity index (χ0) is 20.6. The molecular formula is C23H31N3O3. The number of ether oxygens (including phenoxy) is 1. The molecule has 1 atom stereocenters. The first kappa shape index (κ1) is 21.0. The number of benzene rings is 1. The van der Waals surface area contributed by atoms with Crippen molar-refractivity contribution < 1.29 is 14.3 Å². The largest absolute Gasteiger partial charge is 0.497 e. The van der Waals surface area contributed by atoms with E-state index < -0.39 is 0 Å². The van der Waals surface area contributed by atoms with E-state index in [1.54, 1.807) is 7.11 Å². The molecule has 6 nitrogen and oxygen atoms in total. The van der Waals surface area contributed by atoms with Crippen molar-refractivity contribution in [3.8, 4) is 5.75 Å². The Morgan fingerprint density at radius 3 is 2.86 bits per heavy atom. The Kier molecular flexibility index (Phi) is 7.33. The van der Waals surface area contributed by atoms with E-state index >= 15 is 0 Å².